The minimum atomic E-state index is -0.415. The van der Waals surface area contributed by atoms with E-state index in [1.165, 1.54) is 28.6 Å². The van der Waals surface area contributed by atoms with Crippen molar-refractivity contribution >= 4 is 24.5 Å². The van der Waals surface area contributed by atoms with E-state index in [-0.39, 0.29) is 17.7 Å². The number of rotatable bonds is 6. The number of thiol groups is 1. The van der Waals surface area contributed by atoms with Crippen molar-refractivity contribution in [3.8, 4) is 11.3 Å². The van der Waals surface area contributed by atoms with Crippen LogP contribution in [0, 0.1) is 11.6 Å². The highest BCUT2D eigenvalue weighted by Crippen LogP contribution is 2.27. The number of hydrogen-bond acceptors (Lipinski definition) is 4. The Bertz CT molecular complexity index is 1230. The molecule has 4 rings (SSSR count). The van der Waals surface area contributed by atoms with E-state index in [2.05, 4.69) is 23.3 Å². The van der Waals surface area contributed by atoms with Crippen molar-refractivity contribution in [1.82, 2.24) is 10.5 Å². The number of benzene rings is 3. The van der Waals surface area contributed by atoms with Gasteiger partial charge < -0.3 is 9.84 Å². The molecule has 0 aliphatic heterocycles. The first-order chi connectivity index (χ1) is 15.9. The second-order valence-corrected chi connectivity index (χ2v) is 7.97. The van der Waals surface area contributed by atoms with Crippen LogP contribution in [0.2, 0.25) is 0 Å². The molecule has 0 spiro atoms. The Kier molecular flexibility index (Phi) is 6.74. The van der Waals surface area contributed by atoms with Gasteiger partial charge in [-0.2, -0.15) is 0 Å². The van der Waals surface area contributed by atoms with Crippen LogP contribution >= 0.6 is 12.8 Å². The zero-order chi connectivity index (χ0) is 23.4. The fourth-order valence-electron chi connectivity index (χ4n) is 3.40. The predicted molar refractivity (Wildman–Crippen MR) is 126 cm³/mol. The van der Waals surface area contributed by atoms with Gasteiger partial charge in [-0.05, 0) is 54.4 Å². The molecule has 2 amide bonds. The molecule has 3 aromatic carbocycles. The highest BCUT2D eigenvalue weighted by atomic mass is 32.1. The first kappa shape index (κ1) is 22.5. The van der Waals surface area contributed by atoms with Gasteiger partial charge in [0.15, 0.2) is 0 Å². The topological polar surface area (TPSA) is 58.4 Å². The fourth-order valence-corrected chi connectivity index (χ4v) is 3.59. The molecular formula is C25H21F2N3O2S. The number of urea groups is 1. The lowest BCUT2D eigenvalue weighted by atomic mass is 10.0. The van der Waals surface area contributed by atoms with Crippen molar-refractivity contribution in [2.75, 3.05) is 4.31 Å². The van der Waals surface area contributed by atoms with Gasteiger partial charge in [0.25, 0.3) is 0 Å². The average molecular weight is 466 g/mol. The highest BCUT2D eigenvalue weighted by molar-refractivity contribution is 7.82. The Morgan fingerprint density at radius 3 is 2.24 bits per heavy atom. The van der Waals surface area contributed by atoms with Crippen LogP contribution in [0.4, 0.5) is 19.3 Å². The SMILES string of the molecule is CC(NC(=O)N(S)c1ccc(-c2nocc2Cc2ccc(F)cc2)cc1)c1ccc(F)cc1. The largest absolute Gasteiger partial charge is 0.364 e. The molecule has 0 aliphatic carbocycles. The van der Waals surface area contributed by atoms with Crippen LogP contribution in [0.25, 0.3) is 11.3 Å². The summed E-state index contributed by atoms with van der Waals surface area (Å²) in [7, 11) is 0. The van der Waals surface area contributed by atoms with Crippen LogP contribution < -0.4 is 9.62 Å². The Hall–Kier alpha value is -3.65. The van der Waals surface area contributed by atoms with Crippen LogP contribution in [-0.4, -0.2) is 11.2 Å². The summed E-state index contributed by atoms with van der Waals surface area (Å²) in [5, 5.41) is 6.93. The third-order valence-electron chi connectivity index (χ3n) is 5.24. The summed E-state index contributed by atoms with van der Waals surface area (Å²) < 4.78 is 32.6. The van der Waals surface area contributed by atoms with Gasteiger partial charge in [-0.1, -0.05) is 54.4 Å². The van der Waals surface area contributed by atoms with Crippen molar-refractivity contribution < 1.29 is 18.1 Å². The molecule has 33 heavy (non-hydrogen) atoms. The lowest BCUT2D eigenvalue weighted by molar-refractivity contribution is 0.247. The second-order valence-electron chi connectivity index (χ2n) is 7.57. The van der Waals surface area contributed by atoms with E-state index >= 15 is 0 Å². The summed E-state index contributed by atoms with van der Waals surface area (Å²) in [6.07, 6.45) is 2.12. The number of aromatic nitrogens is 1. The molecule has 1 heterocycles. The fraction of sp³-hybridized carbons (Fsp3) is 0.120. The third-order valence-corrected chi connectivity index (χ3v) is 5.65. The molecule has 1 unspecified atom stereocenters. The van der Waals surface area contributed by atoms with Crippen molar-refractivity contribution in [3.63, 3.8) is 0 Å². The molecule has 1 aromatic heterocycles. The lowest BCUT2D eigenvalue weighted by Crippen LogP contribution is -2.35. The standard InChI is InChI=1S/C25H21F2N3O2S/c1-16(18-4-10-22(27)11-5-18)28-25(31)30(33)23-12-6-19(7-13-23)24-20(15-32-29-24)14-17-2-8-21(26)9-3-17/h2-13,15-16,33H,14H2,1H3,(H,28,31). The van der Waals surface area contributed by atoms with Gasteiger partial charge in [-0.15, -0.1) is 0 Å². The summed E-state index contributed by atoms with van der Waals surface area (Å²) in [6.45, 7) is 1.81. The van der Waals surface area contributed by atoms with E-state index in [0.29, 0.717) is 17.8 Å². The van der Waals surface area contributed by atoms with Crippen molar-refractivity contribution in [2.45, 2.75) is 19.4 Å². The molecule has 1 N–H and O–H groups in total. The number of amides is 2. The molecule has 168 valence electrons. The van der Waals surface area contributed by atoms with Crippen LogP contribution in [0.1, 0.15) is 29.7 Å². The molecule has 0 fully saturated rings. The summed E-state index contributed by atoms with van der Waals surface area (Å²) in [5.41, 5.74) is 4.63. The summed E-state index contributed by atoms with van der Waals surface area (Å²) in [5.74, 6) is -0.617. The minimum absolute atomic E-state index is 0.285. The van der Waals surface area contributed by atoms with Crippen molar-refractivity contribution in [3.05, 3.63) is 107 Å². The van der Waals surface area contributed by atoms with Crippen LogP contribution in [0.3, 0.4) is 0 Å². The maximum atomic E-state index is 13.2. The van der Waals surface area contributed by atoms with Crippen LogP contribution in [-0.2, 0) is 6.42 Å². The minimum Gasteiger partial charge on any atom is -0.364 e. The normalized spacial score (nSPS) is 11.8. The summed E-state index contributed by atoms with van der Waals surface area (Å²) >= 11 is 4.32. The quantitative estimate of drug-likeness (QED) is 0.327. The van der Waals surface area contributed by atoms with Crippen molar-refractivity contribution in [1.29, 1.82) is 0 Å². The maximum absolute atomic E-state index is 13.2. The van der Waals surface area contributed by atoms with Gasteiger partial charge in [-0.3, -0.25) is 0 Å². The smallest absolute Gasteiger partial charge is 0.332 e. The number of nitrogens with zero attached hydrogens (tertiary/aromatic N) is 2. The first-order valence-corrected chi connectivity index (χ1v) is 10.6. The zero-order valence-electron chi connectivity index (χ0n) is 17.7. The van der Waals surface area contributed by atoms with E-state index in [9.17, 15) is 13.6 Å². The number of anilines is 1. The lowest BCUT2D eigenvalue weighted by Gasteiger charge is -2.20. The van der Waals surface area contributed by atoms with Gasteiger partial charge in [-0.25, -0.2) is 17.9 Å². The highest BCUT2D eigenvalue weighted by Gasteiger charge is 2.17. The van der Waals surface area contributed by atoms with Gasteiger partial charge in [0.1, 0.15) is 23.6 Å². The molecule has 0 radical (unpaired) electrons. The molecule has 0 bridgehead atoms. The summed E-state index contributed by atoms with van der Waals surface area (Å²) in [6, 6.07) is 18.6. The van der Waals surface area contributed by atoms with Gasteiger partial charge in [0, 0.05) is 17.5 Å². The molecule has 0 saturated heterocycles. The van der Waals surface area contributed by atoms with Gasteiger partial charge >= 0.3 is 6.03 Å². The van der Waals surface area contributed by atoms with E-state index < -0.39 is 6.03 Å². The number of nitrogens with one attached hydrogen (secondary N) is 1. The van der Waals surface area contributed by atoms with E-state index in [1.807, 2.05) is 19.1 Å². The Morgan fingerprint density at radius 1 is 1.00 bits per heavy atom. The van der Waals surface area contributed by atoms with Gasteiger partial charge in [0.05, 0.1) is 11.7 Å². The molecule has 4 aromatic rings. The number of carbonyl (C=O) groups is 1. The first-order valence-electron chi connectivity index (χ1n) is 10.2. The van der Waals surface area contributed by atoms with E-state index in [1.54, 1.807) is 42.7 Å². The Morgan fingerprint density at radius 2 is 1.61 bits per heavy atom. The predicted octanol–water partition coefficient (Wildman–Crippen LogP) is 6.33. The molecule has 8 heteroatoms. The molecule has 5 nitrogen and oxygen atoms in total. The van der Waals surface area contributed by atoms with Crippen LogP contribution in [0.5, 0.6) is 0 Å². The number of hydrogen-bond donors (Lipinski definition) is 2. The van der Waals surface area contributed by atoms with Crippen LogP contribution in [0.15, 0.2) is 83.6 Å². The maximum Gasteiger partial charge on any atom is 0.332 e. The van der Waals surface area contributed by atoms with Gasteiger partial charge in [0.2, 0.25) is 0 Å². The zero-order valence-corrected chi connectivity index (χ0v) is 18.6. The number of carbonyl (C=O) groups excluding carboxylic acids is 1. The molecular weight excluding hydrogens is 444 g/mol. The second kappa shape index (κ2) is 9.87. The van der Waals surface area contributed by atoms with Crippen molar-refractivity contribution in [2.24, 2.45) is 0 Å². The molecule has 0 aliphatic rings. The Balaban J connectivity index is 1.44. The average Bonchev–Trinajstić information content (AvgIpc) is 3.28. The third kappa shape index (κ3) is 5.40. The number of halogens is 2. The van der Waals surface area contributed by atoms with E-state index in [0.717, 1.165) is 22.3 Å². The Labute approximate surface area is 195 Å². The summed E-state index contributed by atoms with van der Waals surface area (Å²) in [4.78, 5) is 12.6. The van der Waals surface area contributed by atoms with E-state index in [4.69, 9.17) is 4.52 Å². The monoisotopic (exact) mass is 465 g/mol. The molecule has 0 saturated carbocycles. The molecule has 1 atom stereocenters.